The van der Waals surface area contributed by atoms with Crippen molar-refractivity contribution in [1.82, 2.24) is 0 Å². The molecule has 0 aromatic heterocycles. The lowest BCUT2D eigenvalue weighted by Crippen LogP contribution is -2.09. The zero-order valence-electron chi connectivity index (χ0n) is 12.1. The van der Waals surface area contributed by atoms with Gasteiger partial charge in [0.2, 0.25) is 0 Å². The number of hydrogen-bond donors (Lipinski definition) is 3. The first kappa shape index (κ1) is 20.2. The summed E-state index contributed by atoms with van der Waals surface area (Å²) in [6.07, 6.45) is 8.03. The number of hydrogen-bond acceptors (Lipinski definition) is 3. The molecule has 0 saturated heterocycles. The van der Waals surface area contributed by atoms with E-state index in [-0.39, 0.29) is 6.42 Å². The fourth-order valence-corrected chi connectivity index (χ4v) is 1.59. The van der Waals surface area contributed by atoms with Crippen LogP contribution < -0.4 is 0 Å². The topological polar surface area (TPSA) is 94.8 Å². The quantitative estimate of drug-likeness (QED) is 0.533. The lowest BCUT2D eigenvalue weighted by atomic mass is 10.0. The van der Waals surface area contributed by atoms with E-state index in [1.807, 2.05) is 0 Å². The average molecular weight is 276 g/mol. The van der Waals surface area contributed by atoms with Gasteiger partial charge in [-0.2, -0.15) is 0 Å². The first-order valence-electron chi connectivity index (χ1n) is 6.99. The van der Waals surface area contributed by atoms with Crippen LogP contribution >= 0.6 is 0 Å². The molecule has 1 atom stereocenters. The Kier molecular flexibility index (Phi) is 15.9. The van der Waals surface area contributed by atoms with Gasteiger partial charge in [0.25, 0.3) is 5.97 Å². The molecular formula is C14H28O5. The monoisotopic (exact) mass is 276 g/mol. The zero-order chi connectivity index (χ0) is 15.1. The SMILES string of the molecule is CC(=O)O.CCCCCCCCC(O)CCC(=O)O. The van der Waals surface area contributed by atoms with Gasteiger partial charge in [-0.05, 0) is 12.8 Å². The summed E-state index contributed by atoms with van der Waals surface area (Å²) in [4.78, 5) is 19.2. The number of unbranched alkanes of at least 4 members (excludes halogenated alkanes) is 5. The molecule has 0 aliphatic heterocycles. The van der Waals surface area contributed by atoms with Gasteiger partial charge in [-0.15, -0.1) is 0 Å². The third-order valence-electron chi connectivity index (χ3n) is 2.58. The third kappa shape index (κ3) is 26.5. The van der Waals surface area contributed by atoms with E-state index in [0.717, 1.165) is 26.2 Å². The molecule has 0 aromatic rings. The van der Waals surface area contributed by atoms with Crippen LogP contribution in [0.4, 0.5) is 0 Å². The number of carboxylic acids is 2. The molecule has 0 amide bonds. The first-order valence-corrected chi connectivity index (χ1v) is 6.99. The summed E-state index contributed by atoms with van der Waals surface area (Å²) in [5.41, 5.74) is 0. The van der Waals surface area contributed by atoms with Crippen LogP contribution in [0.5, 0.6) is 0 Å². The summed E-state index contributed by atoms with van der Waals surface area (Å²) in [5.74, 6) is -1.66. The van der Waals surface area contributed by atoms with E-state index in [2.05, 4.69) is 6.92 Å². The highest BCUT2D eigenvalue weighted by Crippen LogP contribution is 2.11. The first-order chi connectivity index (χ1) is 8.90. The van der Waals surface area contributed by atoms with Crippen LogP contribution in [0.25, 0.3) is 0 Å². The molecule has 1 unspecified atom stereocenters. The average Bonchev–Trinajstić information content (AvgIpc) is 2.30. The van der Waals surface area contributed by atoms with E-state index in [0.29, 0.717) is 6.42 Å². The van der Waals surface area contributed by atoms with E-state index < -0.39 is 18.0 Å². The van der Waals surface area contributed by atoms with Crippen LogP contribution in [0.15, 0.2) is 0 Å². The van der Waals surface area contributed by atoms with E-state index in [9.17, 15) is 9.90 Å². The Labute approximate surface area is 115 Å². The second-order valence-corrected chi connectivity index (χ2v) is 4.66. The van der Waals surface area contributed by atoms with Crippen LogP contribution in [0.3, 0.4) is 0 Å². The number of carbonyl (C=O) groups is 2. The molecule has 3 N–H and O–H groups in total. The number of aliphatic hydroxyl groups is 1. The predicted octanol–water partition coefficient (Wildman–Crippen LogP) is 3.05. The van der Waals surface area contributed by atoms with Crippen LogP contribution in [0, 0.1) is 0 Å². The fraction of sp³-hybridized carbons (Fsp3) is 0.857. The van der Waals surface area contributed by atoms with Crippen molar-refractivity contribution >= 4 is 11.9 Å². The van der Waals surface area contributed by atoms with Crippen molar-refractivity contribution in [2.24, 2.45) is 0 Å². The molecule has 114 valence electrons. The fourth-order valence-electron chi connectivity index (χ4n) is 1.59. The molecule has 0 radical (unpaired) electrons. The van der Waals surface area contributed by atoms with E-state index >= 15 is 0 Å². The molecule has 0 bridgehead atoms. The highest BCUT2D eigenvalue weighted by Gasteiger charge is 2.06. The van der Waals surface area contributed by atoms with Crippen LogP contribution in [-0.4, -0.2) is 33.4 Å². The molecule has 5 nitrogen and oxygen atoms in total. The maximum absolute atomic E-state index is 10.2. The van der Waals surface area contributed by atoms with Crippen molar-refractivity contribution in [1.29, 1.82) is 0 Å². The zero-order valence-corrected chi connectivity index (χ0v) is 12.1. The Morgan fingerprint density at radius 2 is 1.42 bits per heavy atom. The Hall–Kier alpha value is -1.10. The molecule has 0 heterocycles. The van der Waals surface area contributed by atoms with Crippen LogP contribution in [0.2, 0.25) is 0 Å². The van der Waals surface area contributed by atoms with Crippen molar-refractivity contribution in [3.8, 4) is 0 Å². The van der Waals surface area contributed by atoms with Gasteiger partial charge in [0.1, 0.15) is 0 Å². The molecule has 0 rings (SSSR count). The Balaban J connectivity index is 0. The largest absolute Gasteiger partial charge is 0.481 e. The van der Waals surface area contributed by atoms with Gasteiger partial charge in [0.15, 0.2) is 0 Å². The van der Waals surface area contributed by atoms with Crippen molar-refractivity contribution in [3.05, 3.63) is 0 Å². The molecule has 0 fully saturated rings. The van der Waals surface area contributed by atoms with Gasteiger partial charge in [-0.3, -0.25) is 9.59 Å². The number of aliphatic carboxylic acids is 2. The van der Waals surface area contributed by atoms with Crippen molar-refractivity contribution in [2.75, 3.05) is 0 Å². The summed E-state index contributed by atoms with van der Waals surface area (Å²) >= 11 is 0. The molecule has 0 spiro atoms. The second kappa shape index (κ2) is 15.0. The summed E-state index contributed by atoms with van der Waals surface area (Å²) in [6, 6.07) is 0. The highest BCUT2D eigenvalue weighted by molar-refractivity contribution is 5.66. The van der Waals surface area contributed by atoms with E-state index in [1.54, 1.807) is 0 Å². The minimum Gasteiger partial charge on any atom is -0.481 e. The number of rotatable bonds is 10. The Bertz CT molecular complexity index is 224. The number of aliphatic hydroxyl groups excluding tert-OH is 1. The third-order valence-corrected chi connectivity index (χ3v) is 2.58. The number of carboxylic acid groups (broad SMARTS) is 2. The van der Waals surface area contributed by atoms with Crippen molar-refractivity contribution in [2.45, 2.75) is 77.7 Å². The van der Waals surface area contributed by atoms with Crippen LogP contribution in [0.1, 0.15) is 71.6 Å². The molecule has 19 heavy (non-hydrogen) atoms. The Morgan fingerprint density at radius 1 is 0.947 bits per heavy atom. The summed E-state index contributed by atoms with van der Waals surface area (Å²) in [7, 11) is 0. The summed E-state index contributed by atoms with van der Waals surface area (Å²) in [5, 5.41) is 25.3. The maximum atomic E-state index is 10.2. The van der Waals surface area contributed by atoms with Gasteiger partial charge in [-0.1, -0.05) is 45.4 Å². The van der Waals surface area contributed by atoms with Crippen LogP contribution in [-0.2, 0) is 9.59 Å². The summed E-state index contributed by atoms with van der Waals surface area (Å²) < 4.78 is 0. The molecule has 5 heteroatoms. The lowest BCUT2D eigenvalue weighted by molar-refractivity contribution is -0.137. The predicted molar refractivity (Wildman–Crippen MR) is 74.2 cm³/mol. The minimum atomic E-state index is -0.833. The summed E-state index contributed by atoms with van der Waals surface area (Å²) in [6.45, 7) is 3.27. The Morgan fingerprint density at radius 3 is 1.89 bits per heavy atom. The second-order valence-electron chi connectivity index (χ2n) is 4.66. The molecule has 0 saturated carbocycles. The minimum absolute atomic E-state index is 0.0804. The van der Waals surface area contributed by atoms with E-state index in [1.165, 1.54) is 25.7 Å². The molecule has 0 aliphatic carbocycles. The standard InChI is InChI=1S/C12H24O3.C2H4O2/c1-2-3-4-5-6-7-8-11(13)9-10-12(14)15;1-2(3)4/h11,13H,2-10H2,1H3,(H,14,15);1H3,(H,3,4). The normalized spacial score (nSPS) is 11.3. The van der Waals surface area contributed by atoms with Gasteiger partial charge in [0.05, 0.1) is 6.10 Å². The van der Waals surface area contributed by atoms with Crippen molar-refractivity contribution < 1.29 is 24.9 Å². The van der Waals surface area contributed by atoms with Gasteiger partial charge < -0.3 is 15.3 Å². The highest BCUT2D eigenvalue weighted by atomic mass is 16.4. The molecular weight excluding hydrogens is 248 g/mol. The van der Waals surface area contributed by atoms with Gasteiger partial charge >= 0.3 is 5.97 Å². The van der Waals surface area contributed by atoms with Gasteiger partial charge in [-0.25, -0.2) is 0 Å². The molecule has 0 aromatic carbocycles. The maximum Gasteiger partial charge on any atom is 0.303 e. The molecule has 0 aliphatic rings. The van der Waals surface area contributed by atoms with Crippen molar-refractivity contribution in [3.63, 3.8) is 0 Å². The lowest BCUT2D eigenvalue weighted by Gasteiger charge is -2.08. The smallest absolute Gasteiger partial charge is 0.303 e. The van der Waals surface area contributed by atoms with E-state index in [4.69, 9.17) is 15.0 Å². The van der Waals surface area contributed by atoms with Gasteiger partial charge in [0, 0.05) is 13.3 Å².